The second-order valence-corrected chi connectivity index (χ2v) is 3.67. The molecule has 92 valence electrons. The van der Waals surface area contributed by atoms with Crippen LogP contribution in [0.2, 0.25) is 0 Å². The number of aromatic amines is 1. The average molecular weight is 246 g/mol. The van der Waals surface area contributed by atoms with E-state index in [4.69, 9.17) is 9.47 Å². The molecular formula is C11H10N4O3. The van der Waals surface area contributed by atoms with Crippen molar-refractivity contribution in [1.29, 1.82) is 0 Å². The number of H-pyrrole nitrogens is 1. The van der Waals surface area contributed by atoms with Gasteiger partial charge >= 0.3 is 5.69 Å². The topological polar surface area (TPSA) is 81.5 Å². The second kappa shape index (κ2) is 3.73. The lowest BCUT2D eigenvalue weighted by Crippen LogP contribution is -2.17. The maximum atomic E-state index is 11.7. The number of hydrogen-bond acceptors (Lipinski definition) is 5. The van der Waals surface area contributed by atoms with Crippen LogP contribution in [0.25, 0.3) is 16.6 Å². The van der Waals surface area contributed by atoms with Gasteiger partial charge in [0.1, 0.15) is 6.33 Å². The van der Waals surface area contributed by atoms with Gasteiger partial charge in [-0.25, -0.2) is 9.78 Å². The Hall–Kier alpha value is -2.57. The molecule has 1 N–H and O–H groups in total. The predicted octanol–water partition coefficient (Wildman–Crippen LogP) is 0.588. The maximum absolute atomic E-state index is 11.7. The highest BCUT2D eigenvalue weighted by Gasteiger charge is 2.12. The molecule has 7 heteroatoms. The van der Waals surface area contributed by atoms with Crippen LogP contribution in [0.4, 0.5) is 0 Å². The van der Waals surface area contributed by atoms with Crippen molar-refractivity contribution >= 4 is 16.6 Å². The summed E-state index contributed by atoms with van der Waals surface area (Å²) in [5.74, 6) is 1.09. The molecule has 0 fully saturated rings. The Morgan fingerprint density at radius 2 is 1.94 bits per heavy atom. The van der Waals surface area contributed by atoms with Crippen molar-refractivity contribution in [2.45, 2.75) is 0 Å². The smallest absolute Gasteiger partial charge is 0.369 e. The molecule has 7 nitrogen and oxygen atoms in total. The molecule has 0 bridgehead atoms. The normalized spacial score (nSPS) is 11.0. The van der Waals surface area contributed by atoms with Crippen molar-refractivity contribution in [3.05, 3.63) is 28.9 Å². The van der Waals surface area contributed by atoms with Crippen LogP contribution in [0.3, 0.4) is 0 Å². The molecule has 0 saturated heterocycles. The molecule has 0 spiro atoms. The van der Waals surface area contributed by atoms with Crippen LogP contribution < -0.4 is 15.2 Å². The Morgan fingerprint density at radius 1 is 1.22 bits per heavy atom. The Morgan fingerprint density at radius 3 is 2.67 bits per heavy atom. The molecule has 2 heterocycles. The summed E-state index contributed by atoms with van der Waals surface area (Å²) in [4.78, 5) is 19.8. The van der Waals surface area contributed by atoms with Crippen molar-refractivity contribution in [3.63, 3.8) is 0 Å². The lowest BCUT2D eigenvalue weighted by molar-refractivity contribution is 0.356. The van der Waals surface area contributed by atoms with Crippen LogP contribution >= 0.6 is 0 Å². The van der Waals surface area contributed by atoms with Gasteiger partial charge < -0.3 is 9.47 Å². The van der Waals surface area contributed by atoms with Crippen molar-refractivity contribution in [2.24, 2.45) is 0 Å². The van der Waals surface area contributed by atoms with Gasteiger partial charge in [-0.05, 0) is 6.07 Å². The van der Waals surface area contributed by atoms with E-state index in [1.54, 1.807) is 19.2 Å². The molecular weight excluding hydrogens is 236 g/mol. The van der Waals surface area contributed by atoms with E-state index >= 15 is 0 Å². The van der Waals surface area contributed by atoms with E-state index in [9.17, 15) is 4.79 Å². The SMILES string of the molecule is COc1cc2nc(=O)n3[nH]cnc3c2cc1OC. The minimum absolute atomic E-state index is 0.415. The molecule has 0 radical (unpaired) electrons. The van der Waals surface area contributed by atoms with Gasteiger partial charge in [-0.15, -0.1) is 0 Å². The molecule has 0 aliphatic rings. The minimum Gasteiger partial charge on any atom is -0.493 e. The van der Waals surface area contributed by atoms with E-state index in [-0.39, 0.29) is 0 Å². The van der Waals surface area contributed by atoms with Gasteiger partial charge in [-0.3, -0.25) is 5.10 Å². The number of rotatable bonds is 2. The van der Waals surface area contributed by atoms with Crippen LogP contribution in [0, 0.1) is 0 Å². The second-order valence-electron chi connectivity index (χ2n) is 3.67. The highest BCUT2D eigenvalue weighted by atomic mass is 16.5. The van der Waals surface area contributed by atoms with E-state index < -0.39 is 5.69 Å². The number of nitrogens with zero attached hydrogens (tertiary/aromatic N) is 3. The first-order valence-electron chi connectivity index (χ1n) is 5.22. The fraction of sp³-hybridized carbons (Fsp3) is 0.182. The van der Waals surface area contributed by atoms with Gasteiger partial charge in [0.2, 0.25) is 0 Å². The summed E-state index contributed by atoms with van der Waals surface area (Å²) in [5, 5.41) is 3.42. The molecule has 3 aromatic rings. The lowest BCUT2D eigenvalue weighted by atomic mass is 10.2. The quantitative estimate of drug-likeness (QED) is 0.715. The van der Waals surface area contributed by atoms with E-state index in [1.807, 2.05) is 0 Å². The summed E-state index contributed by atoms with van der Waals surface area (Å²) < 4.78 is 11.7. The number of hydrogen-bond donors (Lipinski definition) is 1. The fourth-order valence-electron chi connectivity index (χ4n) is 1.90. The third-order valence-electron chi connectivity index (χ3n) is 2.74. The Labute approximate surface area is 101 Å². The van der Waals surface area contributed by atoms with Crippen LogP contribution in [0.15, 0.2) is 23.3 Å². The molecule has 0 atom stereocenters. The standard InChI is InChI=1S/C11H10N4O3/c1-17-8-3-6-7(4-9(8)18-2)14-11(16)15-10(6)12-5-13-15/h3-5H,1-2H3,(H,12,13). The molecule has 0 saturated carbocycles. The van der Waals surface area contributed by atoms with E-state index in [1.165, 1.54) is 18.0 Å². The zero-order valence-corrected chi connectivity index (χ0v) is 9.80. The Balaban J connectivity index is 2.50. The number of methoxy groups -OCH3 is 2. The highest BCUT2D eigenvalue weighted by molar-refractivity contribution is 5.93. The molecule has 0 aliphatic carbocycles. The first-order chi connectivity index (χ1) is 8.74. The first-order valence-corrected chi connectivity index (χ1v) is 5.22. The van der Waals surface area contributed by atoms with Crippen molar-refractivity contribution < 1.29 is 9.47 Å². The fourth-order valence-corrected chi connectivity index (χ4v) is 1.90. The Bertz CT molecular complexity index is 790. The molecule has 3 rings (SSSR count). The lowest BCUT2D eigenvalue weighted by Gasteiger charge is -2.08. The van der Waals surface area contributed by atoms with Gasteiger partial charge in [0.05, 0.1) is 19.7 Å². The number of benzene rings is 1. The molecule has 1 aromatic carbocycles. The zero-order valence-electron chi connectivity index (χ0n) is 9.80. The van der Waals surface area contributed by atoms with Gasteiger partial charge in [-0.1, -0.05) is 0 Å². The predicted molar refractivity (Wildman–Crippen MR) is 64.2 cm³/mol. The summed E-state index contributed by atoms with van der Waals surface area (Å²) in [7, 11) is 3.08. The van der Waals surface area contributed by atoms with Crippen LogP contribution in [-0.4, -0.2) is 33.8 Å². The summed E-state index contributed by atoms with van der Waals surface area (Å²) in [5.41, 5.74) is 0.609. The highest BCUT2D eigenvalue weighted by Crippen LogP contribution is 2.31. The van der Waals surface area contributed by atoms with Gasteiger partial charge in [0.25, 0.3) is 0 Å². The molecule has 0 aliphatic heterocycles. The minimum atomic E-state index is -0.415. The summed E-state index contributed by atoms with van der Waals surface area (Å²) in [6.07, 6.45) is 1.44. The third-order valence-corrected chi connectivity index (χ3v) is 2.74. The van der Waals surface area contributed by atoms with Crippen LogP contribution in [0.5, 0.6) is 11.5 Å². The molecule has 2 aromatic heterocycles. The molecule has 0 amide bonds. The average Bonchev–Trinajstić information content (AvgIpc) is 2.87. The van der Waals surface area contributed by atoms with Gasteiger partial charge in [0, 0.05) is 11.5 Å². The monoisotopic (exact) mass is 246 g/mol. The van der Waals surface area contributed by atoms with Crippen LogP contribution in [-0.2, 0) is 0 Å². The van der Waals surface area contributed by atoms with E-state index in [0.717, 1.165) is 0 Å². The summed E-state index contributed by atoms with van der Waals surface area (Å²) in [6, 6.07) is 3.40. The largest absolute Gasteiger partial charge is 0.493 e. The number of ether oxygens (including phenoxy) is 2. The molecule has 0 unspecified atom stereocenters. The summed E-state index contributed by atoms with van der Waals surface area (Å²) in [6.45, 7) is 0. The van der Waals surface area contributed by atoms with Crippen molar-refractivity contribution in [1.82, 2.24) is 19.6 Å². The third kappa shape index (κ3) is 1.33. The Kier molecular flexibility index (Phi) is 2.19. The number of aromatic nitrogens is 4. The number of nitrogens with one attached hydrogen (secondary N) is 1. The van der Waals surface area contributed by atoms with E-state index in [2.05, 4.69) is 15.1 Å². The number of fused-ring (bicyclic) bond motifs is 3. The summed E-state index contributed by atoms with van der Waals surface area (Å²) >= 11 is 0. The van der Waals surface area contributed by atoms with Crippen molar-refractivity contribution in [3.8, 4) is 11.5 Å². The zero-order chi connectivity index (χ0) is 12.7. The van der Waals surface area contributed by atoms with E-state index in [0.29, 0.717) is 28.0 Å². The first kappa shape index (κ1) is 10.6. The van der Waals surface area contributed by atoms with Crippen molar-refractivity contribution in [2.75, 3.05) is 14.2 Å². The van der Waals surface area contributed by atoms with Crippen LogP contribution in [0.1, 0.15) is 0 Å². The maximum Gasteiger partial charge on any atom is 0.369 e. The molecule has 18 heavy (non-hydrogen) atoms. The van der Waals surface area contributed by atoms with Gasteiger partial charge in [-0.2, -0.15) is 9.50 Å². The van der Waals surface area contributed by atoms with Gasteiger partial charge in [0.15, 0.2) is 17.1 Å².